The molecule has 4 heteroatoms. The molecule has 0 aliphatic carbocycles. The van der Waals surface area contributed by atoms with Crippen LogP contribution >= 0.6 is 12.2 Å². The van der Waals surface area contributed by atoms with Crippen molar-refractivity contribution in [3.63, 3.8) is 0 Å². The summed E-state index contributed by atoms with van der Waals surface area (Å²) in [7, 11) is 0. The lowest BCUT2D eigenvalue weighted by Gasteiger charge is -2.14. The third-order valence-electron chi connectivity index (χ3n) is 2.97. The van der Waals surface area contributed by atoms with Crippen molar-refractivity contribution < 1.29 is 9.53 Å². The van der Waals surface area contributed by atoms with E-state index >= 15 is 0 Å². The minimum atomic E-state index is -0.501. The van der Waals surface area contributed by atoms with Crippen molar-refractivity contribution in [1.82, 2.24) is 0 Å². The topological polar surface area (TPSA) is 38.3 Å². The Morgan fingerprint density at radius 1 is 1.05 bits per heavy atom. The Bertz CT molecular complexity index is 640. The van der Waals surface area contributed by atoms with Crippen molar-refractivity contribution in [3.8, 4) is 0 Å². The fourth-order valence-electron chi connectivity index (χ4n) is 2.07. The smallest absolute Gasteiger partial charge is 0.339 e. The Morgan fingerprint density at radius 3 is 2.53 bits per heavy atom. The van der Waals surface area contributed by atoms with Gasteiger partial charge in [0.25, 0.3) is 0 Å². The first-order valence-corrected chi connectivity index (χ1v) is 6.32. The molecule has 1 N–H and O–H groups in total. The van der Waals surface area contributed by atoms with E-state index in [-0.39, 0.29) is 5.97 Å². The molecule has 1 aliphatic heterocycles. The number of carbonyl (C=O) groups excluding carboxylic acids is 1. The maximum absolute atomic E-state index is 11.7. The molecule has 1 heterocycles. The van der Waals surface area contributed by atoms with Crippen molar-refractivity contribution in [1.29, 1.82) is 0 Å². The monoisotopic (exact) mass is 269 g/mol. The van der Waals surface area contributed by atoms with Gasteiger partial charge < -0.3 is 10.1 Å². The first-order chi connectivity index (χ1) is 9.25. The summed E-state index contributed by atoms with van der Waals surface area (Å²) in [4.78, 5) is 12.2. The summed E-state index contributed by atoms with van der Waals surface area (Å²) in [5.41, 5.74) is 2.29. The number of benzene rings is 2. The molecule has 0 spiro atoms. The summed E-state index contributed by atoms with van der Waals surface area (Å²) in [6.45, 7) is 0. The molecule has 3 nitrogen and oxygen atoms in total. The summed E-state index contributed by atoms with van der Waals surface area (Å²) in [5.74, 6) is -0.321. The molecule has 1 atom stereocenters. The summed E-state index contributed by atoms with van der Waals surface area (Å²) in [6, 6.07) is 16.9. The lowest BCUT2D eigenvalue weighted by atomic mass is 10.1. The molecule has 0 saturated carbocycles. The number of para-hydroxylation sites is 1. The molecule has 1 aliphatic rings. The average Bonchev–Trinajstić information content (AvgIpc) is 2.78. The van der Waals surface area contributed by atoms with Crippen molar-refractivity contribution >= 4 is 28.9 Å². The van der Waals surface area contributed by atoms with Crippen LogP contribution in [0.5, 0.6) is 0 Å². The van der Waals surface area contributed by atoms with Crippen LogP contribution in [-0.4, -0.2) is 11.0 Å². The average molecular weight is 269 g/mol. The normalized spacial score (nSPS) is 16.6. The second kappa shape index (κ2) is 4.82. The molecule has 1 unspecified atom stereocenters. The van der Waals surface area contributed by atoms with Gasteiger partial charge in [-0.15, -0.1) is 0 Å². The van der Waals surface area contributed by atoms with Gasteiger partial charge in [-0.25, -0.2) is 4.79 Å². The third-order valence-corrected chi connectivity index (χ3v) is 3.28. The summed E-state index contributed by atoms with van der Waals surface area (Å²) in [6.07, 6.45) is -0.501. The second-order valence-corrected chi connectivity index (χ2v) is 4.67. The molecule has 19 heavy (non-hydrogen) atoms. The van der Waals surface area contributed by atoms with E-state index in [1.54, 1.807) is 6.07 Å². The van der Waals surface area contributed by atoms with Gasteiger partial charge in [0.15, 0.2) is 6.10 Å². The molecular formula is C15H11NO2S. The predicted molar refractivity (Wildman–Crippen MR) is 77.3 cm³/mol. The van der Waals surface area contributed by atoms with Gasteiger partial charge in [0, 0.05) is 11.3 Å². The zero-order chi connectivity index (χ0) is 13.2. The van der Waals surface area contributed by atoms with Crippen LogP contribution < -0.4 is 5.32 Å². The van der Waals surface area contributed by atoms with Gasteiger partial charge in [-0.1, -0.05) is 48.6 Å². The number of anilines is 1. The van der Waals surface area contributed by atoms with Crippen molar-refractivity contribution in [2.24, 2.45) is 0 Å². The van der Waals surface area contributed by atoms with E-state index in [4.69, 9.17) is 17.0 Å². The van der Waals surface area contributed by atoms with Crippen LogP contribution in [0.25, 0.3) is 0 Å². The third kappa shape index (κ3) is 2.22. The van der Waals surface area contributed by atoms with Crippen LogP contribution in [0.3, 0.4) is 0 Å². The van der Waals surface area contributed by atoms with Gasteiger partial charge in [-0.2, -0.15) is 0 Å². The van der Waals surface area contributed by atoms with Crippen LogP contribution in [0, 0.1) is 0 Å². The van der Waals surface area contributed by atoms with Gasteiger partial charge in [0.05, 0.1) is 5.56 Å². The zero-order valence-electron chi connectivity index (χ0n) is 10.00. The second-order valence-electron chi connectivity index (χ2n) is 4.23. The largest absolute Gasteiger partial charge is 0.446 e. The molecule has 0 saturated heterocycles. The Labute approximate surface area is 116 Å². The quantitative estimate of drug-likeness (QED) is 0.670. The zero-order valence-corrected chi connectivity index (χ0v) is 10.8. The van der Waals surface area contributed by atoms with Gasteiger partial charge in [0.1, 0.15) is 4.99 Å². The maximum atomic E-state index is 11.7. The number of rotatable bonds is 2. The molecular weight excluding hydrogens is 258 g/mol. The van der Waals surface area contributed by atoms with Crippen molar-refractivity contribution in [2.75, 3.05) is 5.32 Å². The minimum absolute atomic E-state index is 0.321. The number of cyclic esters (lactones) is 1. The fourth-order valence-corrected chi connectivity index (χ4v) is 2.36. The SMILES string of the molecule is O=C1OC(C(=S)Nc2ccccc2)c2ccccc21. The van der Waals surface area contributed by atoms with Gasteiger partial charge in [-0.3, -0.25) is 0 Å². The summed E-state index contributed by atoms with van der Waals surface area (Å²) < 4.78 is 5.32. The Balaban J connectivity index is 1.85. The molecule has 0 radical (unpaired) electrons. The fraction of sp³-hybridized carbons (Fsp3) is 0.0667. The number of nitrogens with one attached hydrogen (secondary N) is 1. The lowest BCUT2D eigenvalue weighted by Crippen LogP contribution is -2.19. The molecule has 2 aromatic rings. The molecule has 94 valence electrons. The number of thiocarbonyl (C=S) groups is 1. The molecule has 2 aromatic carbocycles. The van der Waals surface area contributed by atoms with E-state index in [2.05, 4.69) is 5.32 Å². The predicted octanol–water partition coefficient (Wildman–Crippen LogP) is 3.34. The van der Waals surface area contributed by atoms with E-state index in [1.165, 1.54) is 0 Å². The maximum Gasteiger partial charge on any atom is 0.339 e. The van der Waals surface area contributed by atoms with E-state index in [9.17, 15) is 4.79 Å². The van der Waals surface area contributed by atoms with Crippen LogP contribution in [0.1, 0.15) is 22.0 Å². The van der Waals surface area contributed by atoms with Crippen LogP contribution in [0.15, 0.2) is 54.6 Å². The molecule has 3 rings (SSSR count). The number of ether oxygens (including phenoxy) is 1. The lowest BCUT2D eigenvalue weighted by molar-refractivity contribution is 0.0497. The number of esters is 1. The summed E-state index contributed by atoms with van der Waals surface area (Å²) >= 11 is 5.34. The number of fused-ring (bicyclic) bond motifs is 1. The molecule has 0 aromatic heterocycles. The number of hydrogen-bond acceptors (Lipinski definition) is 3. The number of carbonyl (C=O) groups is 1. The molecule has 0 amide bonds. The van der Waals surface area contributed by atoms with Crippen LogP contribution in [0.4, 0.5) is 5.69 Å². The molecule has 0 bridgehead atoms. The highest BCUT2D eigenvalue weighted by Gasteiger charge is 2.33. The highest BCUT2D eigenvalue weighted by atomic mass is 32.1. The standard InChI is InChI=1S/C15H11NO2S/c17-15-12-9-5-4-8-11(12)13(18-15)14(19)16-10-6-2-1-3-7-10/h1-9,13H,(H,16,19). The van der Waals surface area contributed by atoms with E-state index in [0.29, 0.717) is 10.6 Å². The van der Waals surface area contributed by atoms with E-state index in [1.807, 2.05) is 48.5 Å². The van der Waals surface area contributed by atoms with Crippen molar-refractivity contribution in [3.05, 3.63) is 65.7 Å². The Morgan fingerprint density at radius 2 is 1.74 bits per heavy atom. The first kappa shape index (κ1) is 11.9. The van der Waals surface area contributed by atoms with Crippen LogP contribution in [-0.2, 0) is 4.74 Å². The highest BCUT2D eigenvalue weighted by molar-refractivity contribution is 7.80. The minimum Gasteiger partial charge on any atom is -0.446 e. The van der Waals surface area contributed by atoms with E-state index < -0.39 is 6.10 Å². The highest BCUT2D eigenvalue weighted by Crippen LogP contribution is 2.31. The van der Waals surface area contributed by atoms with Gasteiger partial charge in [0.2, 0.25) is 0 Å². The first-order valence-electron chi connectivity index (χ1n) is 5.91. The van der Waals surface area contributed by atoms with E-state index in [0.717, 1.165) is 11.3 Å². The van der Waals surface area contributed by atoms with Gasteiger partial charge >= 0.3 is 5.97 Å². The summed E-state index contributed by atoms with van der Waals surface area (Å²) in [5, 5.41) is 3.10. The number of hydrogen-bond donors (Lipinski definition) is 1. The van der Waals surface area contributed by atoms with Crippen molar-refractivity contribution in [2.45, 2.75) is 6.10 Å². The Hall–Kier alpha value is -2.20. The van der Waals surface area contributed by atoms with Crippen LogP contribution in [0.2, 0.25) is 0 Å². The molecule has 0 fully saturated rings. The Kier molecular flexibility index (Phi) is 3.01. The van der Waals surface area contributed by atoms with Gasteiger partial charge in [-0.05, 0) is 18.2 Å².